The Hall–Kier alpha value is -3.54. The third kappa shape index (κ3) is 5.50. The van der Waals surface area contributed by atoms with Crippen LogP contribution in [0.3, 0.4) is 0 Å². The van der Waals surface area contributed by atoms with Crippen LogP contribution in [0.5, 0.6) is 17.2 Å². The number of thioether (sulfide) groups is 1. The predicted molar refractivity (Wildman–Crippen MR) is 122 cm³/mol. The van der Waals surface area contributed by atoms with Gasteiger partial charge in [-0.1, -0.05) is 0 Å². The lowest BCUT2D eigenvalue weighted by Gasteiger charge is -2.15. The van der Waals surface area contributed by atoms with E-state index in [0.717, 1.165) is 21.6 Å². The van der Waals surface area contributed by atoms with Crippen molar-refractivity contribution in [1.29, 1.82) is 0 Å². The molecule has 5 amide bonds. The molecule has 1 aromatic carbocycles. The van der Waals surface area contributed by atoms with Gasteiger partial charge in [0.2, 0.25) is 23.5 Å². The Morgan fingerprint density at radius 2 is 1.59 bits per heavy atom. The summed E-state index contributed by atoms with van der Waals surface area (Å²) in [6.07, 6.45) is 1.85. The van der Waals surface area contributed by atoms with Gasteiger partial charge in [0.1, 0.15) is 0 Å². The van der Waals surface area contributed by atoms with Crippen LogP contribution in [0, 0.1) is 0 Å². The Morgan fingerprint density at radius 3 is 2.15 bits per heavy atom. The van der Waals surface area contributed by atoms with Crippen molar-refractivity contribution in [3.8, 4) is 17.2 Å². The smallest absolute Gasteiger partial charge is 0.293 e. The molecule has 182 valence electrons. The molecule has 2 saturated heterocycles. The van der Waals surface area contributed by atoms with Crippen molar-refractivity contribution in [1.82, 2.24) is 15.1 Å². The summed E-state index contributed by atoms with van der Waals surface area (Å²) in [7, 11) is 4.43. The highest BCUT2D eigenvalue weighted by Gasteiger charge is 2.35. The van der Waals surface area contributed by atoms with E-state index < -0.39 is 11.1 Å². The topological polar surface area (TPSA) is 132 Å². The van der Waals surface area contributed by atoms with E-state index in [9.17, 15) is 24.0 Å². The summed E-state index contributed by atoms with van der Waals surface area (Å²) in [5.74, 6) is -0.202. The molecule has 0 aliphatic carbocycles. The zero-order chi connectivity index (χ0) is 24.8. The number of likely N-dealkylation sites (tertiary alicyclic amines) is 1. The molecule has 2 aliphatic heterocycles. The van der Waals surface area contributed by atoms with Crippen molar-refractivity contribution in [2.45, 2.75) is 19.3 Å². The average molecular weight is 492 g/mol. The lowest BCUT2D eigenvalue weighted by molar-refractivity contribution is -0.138. The molecule has 1 N–H and O–H groups in total. The van der Waals surface area contributed by atoms with Gasteiger partial charge >= 0.3 is 0 Å². The molecular weight excluding hydrogens is 466 g/mol. The number of ether oxygens (including phenoxy) is 3. The quantitative estimate of drug-likeness (QED) is 0.381. The molecule has 11 nitrogen and oxygen atoms in total. The molecule has 0 spiro atoms. The second kappa shape index (κ2) is 11.1. The van der Waals surface area contributed by atoms with Crippen LogP contribution in [0.4, 0.5) is 4.79 Å². The summed E-state index contributed by atoms with van der Waals surface area (Å²) in [5, 5.41) is 2.15. The van der Waals surface area contributed by atoms with Gasteiger partial charge in [0.05, 0.1) is 26.2 Å². The van der Waals surface area contributed by atoms with E-state index >= 15 is 0 Å². The molecular formula is C22H25N3O8S. The monoisotopic (exact) mass is 491 g/mol. The van der Waals surface area contributed by atoms with Crippen molar-refractivity contribution in [3.63, 3.8) is 0 Å². The van der Waals surface area contributed by atoms with Crippen molar-refractivity contribution in [2.75, 3.05) is 41.0 Å². The van der Waals surface area contributed by atoms with E-state index in [4.69, 9.17) is 14.2 Å². The van der Waals surface area contributed by atoms with Gasteiger partial charge in [0.25, 0.3) is 11.1 Å². The third-order valence-electron chi connectivity index (χ3n) is 5.23. The first-order chi connectivity index (χ1) is 16.3. The Labute approximate surface area is 200 Å². The molecule has 0 unspecified atom stereocenters. The van der Waals surface area contributed by atoms with Crippen molar-refractivity contribution < 1.29 is 38.2 Å². The fourth-order valence-corrected chi connectivity index (χ4v) is 4.38. The Balaban J connectivity index is 1.57. The van der Waals surface area contributed by atoms with Crippen LogP contribution >= 0.6 is 11.8 Å². The number of nitrogens with one attached hydrogen (secondary N) is 1. The Bertz CT molecular complexity index is 1010. The fourth-order valence-electron chi connectivity index (χ4n) is 3.51. The molecule has 0 atom stereocenters. The third-order valence-corrected chi connectivity index (χ3v) is 6.14. The normalized spacial score (nSPS) is 17.1. The fraction of sp³-hybridized carbons (Fsp3) is 0.409. The number of carbonyl (C=O) groups is 5. The van der Waals surface area contributed by atoms with Gasteiger partial charge in [0, 0.05) is 38.9 Å². The molecule has 0 radical (unpaired) electrons. The molecule has 2 aliphatic rings. The van der Waals surface area contributed by atoms with Crippen LogP contribution in [0.15, 0.2) is 17.0 Å². The summed E-state index contributed by atoms with van der Waals surface area (Å²) >= 11 is 0.791. The van der Waals surface area contributed by atoms with Crippen molar-refractivity contribution >= 4 is 46.7 Å². The first-order valence-electron chi connectivity index (χ1n) is 10.4. The van der Waals surface area contributed by atoms with E-state index in [0.29, 0.717) is 22.8 Å². The second-order valence-corrected chi connectivity index (χ2v) is 8.32. The van der Waals surface area contributed by atoms with Crippen molar-refractivity contribution in [2.24, 2.45) is 0 Å². The summed E-state index contributed by atoms with van der Waals surface area (Å²) < 4.78 is 15.9. The number of imide groups is 2. The van der Waals surface area contributed by atoms with Crippen LogP contribution in [-0.4, -0.2) is 79.6 Å². The summed E-state index contributed by atoms with van der Waals surface area (Å²) in [5.41, 5.74) is 0.583. The van der Waals surface area contributed by atoms with Crippen LogP contribution in [0.2, 0.25) is 0 Å². The summed E-state index contributed by atoms with van der Waals surface area (Å²) in [6, 6.07) is 3.32. The van der Waals surface area contributed by atoms with E-state index in [2.05, 4.69) is 5.32 Å². The first-order valence-corrected chi connectivity index (χ1v) is 11.3. The highest BCUT2D eigenvalue weighted by atomic mass is 32.2. The number of amides is 5. The highest BCUT2D eigenvalue weighted by molar-refractivity contribution is 8.18. The largest absolute Gasteiger partial charge is 0.493 e. The van der Waals surface area contributed by atoms with Gasteiger partial charge in [0.15, 0.2) is 11.5 Å². The lowest BCUT2D eigenvalue weighted by Crippen LogP contribution is -2.39. The minimum atomic E-state index is -0.480. The predicted octanol–water partition coefficient (Wildman–Crippen LogP) is 1.40. The molecule has 2 heterocycles. The Kier molecular flexibility index (Phi) is 8.16. The molecule has 3 rings (SSSR count). The molecule has 2 fully saturated rings. The van der Waals surface area contributed by atoms with E-state index in [1.807, 2.05) is 0 Å². The minimum absolute atomic E-state index is 0.00935. The molecule has 34 heavy (non-hydrogen) atoms. The van der Waals surface area contributed by atoms with Gasteiger partial charge in [-0.2, -0.15) is 0 Å². The number of carbonyl (C=O) groups excluding carboxylic acids is 5. The number of nitrogens with zero attached hydrogens (tertiary/aromatic N) is 2. The van der Waals surface area contributed by atoms with E-state index in [1.54, 1.807) is 18.2 Å². The zero-order valence-corrected chi connectivity index (χ0v) is 19.9. The van der Waals surface area contributed by atoms with Gasteiger partial charge < -0.3 is 19.5 Å². The molecule has 0 saturated carbocycles. The maximum Gasteiger partial charge on any atom is 0.293 e. The lowest BCUT2D eigenvalue weighted by atomic mass is 10.1. The van der Waals surface area contributed by atoms with Crippen LogP contribution in [0.25, 0.3) is 6.08 Å². The van der Waals surface area contributed by atoms with Crippen LogP contribution < -0.4 is 19.5 Å². The van der Waals surface area contributed by atoms with Gasteiger partial charge in [-0.15, -0.1) is 0 Å². The summed E-state index contributed by atoms with van der Waals surface area (Å²) in [6.45, 7) is 0.0589. The summed E-state index contributed by atoms with van der Waals surface area (Å²) in [4.78, 5) is 62.6. The maximum atomic E-state index is 12.7. The SMILES string of the molecule is COc1cc(/C=C2\SC(=O)N(CCNC(=O)CCN3C(=O)CCC3=O)C2=O)cc(OC)c1OC. The van der Waals surface area contributed by atoms with Crippen LogP contribution in [0.1, 0.15) is 24.8 Å². The molecule has 0 bridgehead atoms. The molecule has 1 aromatic rings. The zero-order valence-electron chi connectivity index (χ0n) is 19.0. The number of methoxy groups -OCH3 is 3. The van der Waals surface area contributed by atoms with Gasteiger partial charge in [-0.25, -0.2) is 0 Å². The average Bonchev–Trinajstić information content (AvgIpc) is 3.28. The molecule has 0 aromatic heterocycles. The first kappa shape index (κ1) is 25.1. The van der Waals surface area contributed by atoms with Gasteiger partial charge in [-0.05, 0) is 35.5 Å². The number of rotatable bonds is 10. The van der Waals surface area contributed by atoms with E-state index in [-0.39, 0.29) is 61.5 Å². The van der Waals surface area contributed by atoms with E-state index in [1.165, 1.54) is 21.3 Å². The van der Waals surface area contributed by atoms with Crippen LogP contribution in [-0.2, 0) is 19.2 Å². The number of hydrogen-bond donors (Lipinski definition) is 1. The number of benzene rings is 1. The second-order valence-electron chi connectivity index (χ2n) is 7.33. The minimum Gasteiger partial charge on any atom is -0.493 e. The highest BCUT2D eigenvalue weighted by Crippen LogP contribution is 2.40. The Morgan fingerprint density at radius 1 is 0.971 bits per heavy atom. The maximum absolute atomic E-state index is 12.7. The van der Waals surface area contributed by atoms with Crippen molar-refractivity contribution in [3.05, 3.63) is 22.6 Å². The number of hydrogen-bond acceptors (Lipinski definition) is 9. The van der Waals surface area contributed by atoms with Gasteiger partial charge in [-0.3, -0.25) is 33.8 Å². The standard InChI is InChI=1S/C22H25N3O8S/c1-31-14-10-13(11-15(32-2)20(14)33-3)12-16-21(29)25(22(30)34-16)9-7-23-17(26)6-8-24-18(27)4-5-19(24)28/h10-12H,4-9H2,1-3H3,(H,23,26)/b16-12-. The molecule has 12 heteroatoms.